The Morgan fingerprint density at radius 2 is 2.53 bits per heavy atom. The van der Waals surface area contributed by atoms with Crippen LogP contribution in [0.5, 0.6) is 0 Å². The van der Waals surface area contributed by atoms with E-state index in [1.165, 1.54) is 5.56 Å². The van der Waals surface area contributed by atoms with E-state index in [0.717, 1.165) is 18.5 Å². The molecule has 0 bridgehead atoms. The maximum absolute atomic E-state index is 10.4. The molecule has 2 rings (SSSR count). The zero-order chi connectivity index (χ0) is 10.7. The summed E-state index contributed by atoms with van der Waals surface area (Å²) >= 11 is 0. The lowest BCUT2D eigenvalue weighted by Crippen LogP contribution is -2.22. The predicted molar refractivity (Wildman–Crippen MR) is 55.6 cm³/mol. The summed E-state index contributed by atoms with van der Waals surface area (Å²) in [5.74, 6) is -0.762. The number of aryl methyl sites for hydroxylation is 1. The molecule has 1 aliphatic rings. The second-order valence-electron chi connectivity index (χ2n) is 3.74. The highest BCUT2D eigenvalue weighted by molar-refractivity contribution is 5.66. The summed E-state index contributed by atoms with van der Waals surface area (Å²) in [6.45, 7) is 0.510. The van der Waals surface area contributed by atoms with Crippen molar-refractivity contribution >= 4 is 5.97 Å². The Balaban J connectivity index is 1.93. The monoisotopic (exact) mass is 206 g/mol. The number of aliphatic carboxylic acids is 1. The van der Waals surface area contributed by atoms with Gasteiger partial charge >= 0.3 is 5.97 Å². The molecule has 1 atom stereocenters. The second kappa shape index (κ2) is 4.40. The van der Waals surface area contributed by atoms with Gasteiger partial charge in [-0.05, 0) is 24.5 Å². The molecular formula is C11H14N2O2. The maximum Gasteiger partial charge on any atom is 0.304 e. The van der Waals surface area contributed by atoms with Crippen molar-refractivity contribution in [3.05, 3.63) is 29.6 Å². The molecular weight excluding hydrogens is 192 g/mol. The number of rotatable bonds is 4. The minimum absolute atomic E-state index is 0.165. The second-order valence-corrected chi connectivity index (χ2v) is 3.74. The third kappa shape index (κ3) is 2.33. The van der Waals surface area contributed by atoms with Crippen LogP contribution in [-0.2, 0) is 11.2 Å². The van der Waals surface area contributed by atoms with Crippen LogP contribution in [0.2, 0.25) is 0 Å². The largest absolute Gasteiger partial charge is 0.481 e. The van der Waals surface area contributed by atoms with E-state index in [0.29, 0.717) is 6.54 Å². The van der Waals surface area contributed by atoms with Crippen molar-refractivity contribution in [2.24, 2.45) is 0 Å². The van der Waals surface area contributed by atoms with Crippen LogP contribution < -0.4 is 5.32 Å². The molecule has 0 aliphatic heterocycles. The molecule has 4 heteroatoms. The van der Waals surface area contributed by atoms with E-state index in [-0.39, 0.29) is 12.5 Å². The van der Waals surface area contributed by atoms with E-state index in [4.69, 9.17) is 5.11 Å². The van der Waals surface area contributed by atoms with E-state index in [1.54, 1.807) is 6.20 Å². The summed E-state index contributed by atoms with van der Waals surface area (Å²) in [4.78, 5) is 14.7. The van der Waals surface area contributed by atoms with Crippen molar-refractivity contribution in [1.29, 1.82) is 0 Å². The third-order valence-electron chi connectivity index (χ3n) is 2.69. The summed E-state index contributed by atoms with van der Waals surface area (Å²) in [5, 5.41) is 11.8. The highest BCUT2D eigenvalue weighted by Crippen LogP contribution is 2.28. The number of carbonyl (C=O) groups is 1. The highest BCUT2D eigenvalue weighted by atomic mass is 16.4. The first-order chi connectivity index (χ1) is 7.27. The molecule has 0 aromatic carbocycles. The summed E-state index contributed by atoms with van der Waals surface area (Å²) in [5.41, 5.74) is 2.37. The number of carboxylic acids is 1. The molecule has 2 N–H and O–H groups in total. The number of nitrogens with one attached hydrogen (secondary N) is 1. The van der Waals surface area contributed by atoms with Gasteiger partial charge in [-0.25, -0.2) is 0 Å². The molecule has 80 valence electrons. The Labute approximate surface area is 88.3 Å². The van der Waals surface area contributed by atoms with E-state index in [1.807, 2.05) is 6.07 Å². The first-order valence-electron chi connectivity index (χ1n) is 5.16. The average molecular weight is 206 g/mol. The van der Waals surface area contributed by atoms with Crippen LogP contribution in [0.15, 0.2) is 18.3 Å². The van der Waals surface area contributed by atoms with E-state index in [2.05, 4.69) is 16.4 Å². The van der Waals surface area contributed by atoms with Gasteiger partial charge in [-0.1, -0.05) is 6.07 Å². The van der Waals surface area contributed by atoms with Crippen molar-refractivity contribution in [2.45, 2.75) is 25.3 Å². The zero-order valence-electron chi connectivity index (χ0n) is 8.44. The molecule has 1 aromatic rings. The predicted octanol–water partition coefficient (Wildman–Crippen LogP) is 1.13. The van der Waals surface area contributed by atoms with E-state index < -0.39 is 5.97 Å². The SMILES string of the molecule is O=C(O)CCNC1CCc2cccnc21. The standard InChI is InChI=1S/C11H14N2O2/c14-10(15)5-7-12-9-4-3-8-2-1-6-13-11(8)9/h1-2,6,9,12H,3-5,7H2,(H,14,15). The highest BCUT2D eigenvalue weighted by Gasteiger charge is 2.22. The van der Waals surface area contributed by atoms with Crippen LogP contribution in [0.25, 0.3) is 0 Å². The number of hydrogen-bond acceptors (Lipinski definition) is 3. The van der Waals surface area contributed by atoms with Crippen LogP contribution in [0.3, 0.4) is 0 Å². The van der Waals surface area contributed by atoms with Gasteiger partial charge in [-0.2, -0.15) is 0 Å². The Morgan fingerprint density at radius 1 is 1.67 bits per heavy atom. The van der Waals surface area contributed by atoms with Crippen LogP contribution in [0.1, 0.15) is 30.1 Å². The van der Waals surface area contributed by atoms with Gasteiger partial charge in [0.2, 0.25) is 0 Å². The maximum atomic E-state index is 10.4. The minimum Gasteiger partial charge on any atom is -0.481 e. The van der Waals surface area contributed by atoms with Crippen molar-refractivity contribution in [1.82, 2.24) is 10.3 Å². The minimum atomic E-state index is -0.762. The normalized spacial score (nSPS) is 18.8. The number of fused-ring (bicyclic) bond motifs is 1. The number of carboxylic acid groups (broad SMARTS) is 1. The molecule has 1 aromatic heterocycles. The molecule has 1 heterocycles. The van der Waals surface area contributed by atoms with Gasteiger partial charge in [-0.15, -0.1) is 0 Å². The third-order valence-corrected chi connectivity index (χ3v) is 2.69. The molecule has 0 saturated carbocycles. The lowest BCUT2D eigenvalue weighted by Gasteiger charge is -2.11. The summed E-state index contributed by atoms with van der Waals surface area (Å²) in [6, 6.07) is 4.26. The van der Waals surface area contributed by atoms with Crippen LogP contribution in [0, 0.1) is 0 Å². The van der Waals surface area contributed by atoms with Crippen LogP contribution >= 0.6 is 0 Å². The molecule has 4 nitrogen and oxygen atoms in total. The first kappa shape index (κ1) is 10.1. The number of hydrogen-bond donors (Lipinski definition) is 2. The molecule has 0 amide bonds. The average Bonchev–Trinajstić information content (AvgIpc) is 2.62. The van der Waals surface area contributed by atoms with E-state index in [9.17, 15) is 4.79 Å². The van der Waals surface area contributed by atoms with Gasteiger partial charge < -0.3 is 10.4 Å². The smallest absolute Gasteiger partial charge is 0.304 e. The fourth-order valence-corrected chi connectivity index (χ4v) is 1.96. The quantitative estimate of drug-likeness (QED) is 0.775. The van der Waals surface area contributed by atoms with Crippen molar-refractivity contribution in [3.8, 4) is 0 Å². The lowest BCUT2D eigenvalue weighted by molar-refractivity contribution is -0.136. The summed E-state index contributed by atoms with van der Waals surface area (Å²) in [7, 11) is 0. The van der Waals surface area contributed by atoms with Gasteiger partial charge in [-0.3, -0.25) is 9.78 Å². The van der Waals surface area contributed by atoms with E-state index >= 15 is 0 Å². The molecule has 15 heavy (non-hydrogen) atoms. The number of nitrogens with zero attached hydrogens (tertiary/aromatic N) is 1. The molecule has 0 radical (unpaired) electrons. The fourth-order valence-electron chi connectivity index (χ4n) is 1.96. The molecule has 0 spiro atoms. The first-order valence-corrected chi connectivity index (χ1v) is 5.16. The van der Waals surface area contributed by atoms with Crippen LogP contribution in [-0.4, -0.2) is 22.6 Å². The Bertz CT molecular complexity index is 365. The van der Waals surface area contributed by atoms with Gasteiger partial charge in [0, 0.05) is 12.7 Å². The summed E-state index contributed by atoms with van der Waals surface area (Å²) < 4.78 is 0. The molecule has 1 aliphatic carbocycles. The lowest BCUT2D eigenvalue weighted by atomic mass is 10.2. The topological polar surface area (TPSA) is 62.2 Å². The number of aromatic nitrogens is 1. The Morgan fingerprint density at radius 3 is 3.33 bits per heavy atom. The van der Waals surface area contributed by atoms with Gasteiger partial charge in [0.15, 0.2) is 0 Å². The van der Waals surface area contributed by atoms with Crippen molar-refractivity contribution in [3.63, 3.8) is 0 Å². The van der Waals surface area contributed by atoms with Gasteiger partial charge in [0.1, 0.15) is 0 Å². The fraction of sp³-hybridized carbons (Fsp3) is 0.455. The van der Waals surface area contributed by atoms with Gasteiger partial charge in [0.05, 0.1) is 18.2 Å². The zero-order valence-corrected chi connectivity index (χ0v) is 8.44. The molecule has 0 saturated heterocycles. The molecule has 0 fully saturated rings. The Kier molecular flexibility index (Phi) is 2.97. The van der Waals surface area contributed by atoms with Crippen molar-refractivity contribution in [2.75, 3.05) is 6.54 Å². The van der Waals surface area contributed by atoms with Crippen molar-refractivity contribution < 1.29 is 9.90 Å². The molecule has 1 unspecified atom stereocenters. The number of pyridine rings is 1. The van der Waals surface area contributed by atoms with Gasteiger partial charge in [0.25, 0.3) is 0 Å². The summed E-state index contributed by atoms with van der Waals surface area (Å²) in [6.07, 6.45) is 4.01. The Hall–Kier alpha value is -1.42. The van der Waals surface area contributed by atoms with Crippen LogP contribution in [0.4, 0.5) is 0 Å².